The van der Waals surface area contributed by atoms with Crippen molar-refractivity contribution in [1.82, 2.24) is 5.32 Å². The van der Waals surface area contributed by atoms with Crippen LogP contribution in [0, 0.1) is 0 Å². The summed E-state index contributed by atoms with van der Waals surface area (Å²) >= 11 is 9.62. The van der Waals surface area contributed by atoms with Gasteiger partial charge in [-0.1, -0.05) is 23.7 Å². The highest BCUT2D eigenvalue weighted by atomic mass is 79.9. The Morgan fingerprint density at radius 1 is 1.05 bits per heavy atom. The van der Waals surface area contributed by atoms with E-state index in [4.69, 9.17) is 21.1 Å². The van der Waals surface area contributed by atoms with Gasteiger partial charge in [-0.15, -0.1) is 0 Å². The Bertz CT molecular complexity index is 663. The normalized spacial score (nSPS) is 14.8. The second-order valence-corrected chi connectivity index (χ2v) is 6.06. The summed E-state index contributed by atoms with van der Waals surface area (Å²) < 4.78 is 12.1. The van der Waals surface area contributed by atoms with Gasteiger partial charge in [0.15, 0.2) is 11.5 Å². The minimum atomic E-state index is 0.0476. The standard InChI is InChI=1S/C16H15BrClNO2/c1-19-16(10-2-4-12(17)13(18)8-10)11-3-5-14-15(9-11)21-7-6-20-14/h2-5,8-9,16,19H,6-7H2,1H3. The van der Waals surface area contributed by atoms with Crippen molar-refractivity contribution >= 4 is 27.5 Å². The number of fused-ring (bicyclic) bond motifs is 1. The third-order valence-corrected chi connectivity index (χ3v) is 4.70. The summed E-state index contributed by atoms with van der Waals surface area (Å²) in [5.74, 6) is 1.59. The fourth-order valence-corrected chi connectivity index (χ4v) is 2.89. The lowest BCUT2D eigenvalue weighted by molar-refractivity contribution is 0.171. The molecule has 0 amide bonds. The lowest BCUT2D eigenvalue weighted by Crippen LogP contribution is -2.19. The van der Waals surface area contributed by atoms with Gasteiger partial charge in [0.1, 0.15) is 13.2 Å². The van der Waals surface area contributed by atoms with Crippen molar-refractivity contribution in [2.24, 2.45) is 0 Å². The first kappa shape index (κ1) is 14.7. The molecule has 0 fully saturated rings. The zero-order valence-electron chi connectivity index (χ0n) is 11.5. The van der Waals surface area contributed by atoms with Crippen molar-refractivity contribution < 1.29 is 9.47 Å². The number of ether oxygens (including phenoxy) is 2. The Morgan fingerprint density at radius 3 is 2.43 bits per heavy atom. The van der Waals surface area contributed by atoms with Gasteiger partial charge < -0.3 is 14.8 Å². The first-order chi connectivity index (χ1) is 10.2. The molecule has 0 saturated heterocycles. The van der Waals surface area contributed by atoms with Crippen LogP contribution in [-0.2, 0) is 0 Å². The summed E-state index contributed by atoms with van der Waals surface area (Å²) in [7, 11) is 1.93. The molecule has 110 valence electrons. The maximum atomic E-state index is 6.20. The van der Waals surface area contributed by atoms with Crippen LogP contribution in [0.4, 0.5) is 0 Å². The van der Waals surface area contributed by atoms with Gasteiger partial charge in [0.05, 0.1) is 11.1 Å². The van der Waals surface area contributed by atoms with Crippen LogP contribution in [0.25, 0.3) is 0 Å². The van der Waals surface area contributed by atoms with Crippen molar-refractivity contribution in [1.29, 1.82) is 0 Å². The van der Waals surface area contributed by atoms with Crippen LogP contribution in [0.5, 0.6) is 11.5 Å². The minimum absolute atomic E-state index is 0.0476. The first-order valence-electron chi connectivity index (χ1n) is 6.71. The van der Waals surface area contributed by atoms with Gasteiger partial charge in [-0.3, -0.25) is 0 Å². The van der Waals surface area contributed by atoms with E-state index in [1.165, 1.54) is 0 Å². The molecule has 2 aromatic rings. The number of nitrogens with one attached hydrogen (secondary N) is 1. The lowest BCUT2D eigenvalue weighted by Gasteiger charge is -2.22. The molecule has 0 bridgehead atoms. The summed E-state index contributed by atoms with van der Waals surface area (Å²) in [5, 5.41) is 4.02. The molecule has 1 unspecified atom stereocenters. The van der Waals surface area contributed by atoms with Crippen LogP contribution in [-0.4, -0.2) is 20.3 Å². The van der Waals surface area contributed by atoms with Crippen LogP contribution in [0.3, 0.4) is 0 Å². The summed E-state index contributed by atoms with van der Waals surface area (Å²) in [4.78, 5) is 0. The zero-order chi connectivity index (χ0) is 14.8. The number of hydrogen-bond donors (Lipinski definition) is 1. The molecule has 3 nitrogen and oxygen atoms in total. The van der Waals surface area contributed by atoms with Crippen LogP contribution in [0.1, 0.15) is 17.2 Å². The van der Waals surface area contributed by atoms with E-state index in [0.717, 1.165) is 27.1 Å². The van der Waals surface area contributed by atoms with E-state index in [9.17, 15) is 0 Å². The van der Waals surface area contributed by atoms with E-state index in [2.05, 4.69) is 21.2 Å². The largest absolute Gasteiger partial charge is 0.486 e. The molecule has 1 aliphatic heterocycles. The van der Waals surface area contributed by atoms with E-state index in [1.807, 2.05) is 43.4 Å². The van der Waals surface area contributed by atoms with Crippen molar-refractivity contribution in [3.8, 4) is 11.5 Å². The smallest absolute Gasteiger partial charge is 0.161 e. The highest BCUT2D eigenvalue weighted by Gasteiger charge is 2.18. The second kappa shape index (κ2) is 6.26. The van der Waals surface area contributed by atoms with Crippen molar-refractivity contribution in [3.05, 3.63) is 57.0 Å². The van der Waals surface area contributed by atoms with Crippen LogP contribution in [0.2, 0.25) is 5.02 Å². The van der Waals surface area contributed by atoms with Crippen molar-refractivity contribution in [2.75, 3.05) is 20.3 Å². The van der Waals surface area contributed by atoms with E-state index in [-0.39, 0.29) is 6.04 Å². The van der Waals surface area contributed by atoms with Gasteiger partial charge in [0.2, 0.25) is 0 Å². The Morgan fingerprint density at radius 2 is 1.71 bits per heavy atom. The molecule has 1 atom stereocenters. The first-order valence-corrected chi connectivity index (χ1v) is 7.88. The molecule has 3 rings (SSSR count). The highest BCUT2D eigenvalue weighted by molar-refractivity contribution is 9.10. The number of rotatable bonds is 3. The average Bonchev–Trinajstić information content (AvgIpc) is 2.51. The molecule has 0 aromatic heterocycles. The topological polar surface area (TPSA) is 30.5 Å². The van der Waals surface area contributed by atoms with Crippen LogP contribution >= 0.6 is 27.5 Å². The number of benzene rings is 2. The van der Waals surface area contributed by atoms with Gasteiger partial charge >= 0.3 is 0 Å². The molecule has 0 aliphatic carbocycles. The summed E-state index contributed by atoms with van der Waals surface area (Å²) in [6, 6.07) is 12.0. The number of hydrogen-bond acceptors (Lipinski definition) is 3. The third-order valence-electron chi connectivity index (χ3n) is 3.47. The quantitative estimate of drug-likeness (QED) is 0.881. The van der Waals surface area contributed by atoms with Gasteiger partial charge in [-0.05, 0) is 58.4 Å². The fraction of sp³-hybridized carbons (Fsp3) is 0.250. The van der Waals surface area contributed by atoms with E-state index in [1.54, 1.807) is 0 Å². The Labute approximate surface area is 137 Å². The van der Waals surface area contributed by atoms with Gasteiger partial charge in [-0.2, -0.15) is 0 Å². The Hall–Kier alpha value is -1.23. The Balaban J connectivity index is 1.97. The molecular weight excluding hydrogens is 354 g/mol. The molecule has 5 heteroatoms. The molecule has 1 aliphatic rings. The predicted molar refractivity (Wildman–Crippen MR) is 87.5 cm³/mol. The molecule has 1 N–H and O–H groups in total. The van der Waals surface area contributed by atoms with Crippen molar-refractivity contribution in [3.63, 3.8) is 0 Å². The highest BCUT2D eigenvalue weighted by Crippen LogP contribution is 2.35. The van der Waals surface area contributed by atoms with E-state index >= 15 is 0 Å². The van der Waals surface area contributed by atoms with Crippen LogP contribution < -0.4 is 14.8 Å². The third kappa shape index (κ3) is 3.03. The Kier molecular flexibility index (Phi) is 4.38. The molecule has 0 spiro atoms. The summed E-state index contributed by atoms with van der Waals surface area (Å²) in [5.41, 5.74) is 2.21. The molecule has 21 heavy (non-hydrogen) atoms. The summed E-state index contributed by atoms with van der Waals surface area (Å²) in [6.45, 7) is 1.19. The maximum absolute atomic E-state index is 6.20. The SMILES string of the molecule is CNC(c1ccc(Br)c(Cl)c1)c1ccc2c(c1)OCCO2. The zero-order valence-corrected chi connectivity index (χ0v) is 13.9. The molecule has 0 radical (unpaired) electrons. The van der Waals surface area contributed by atoms with Gasteiger partial charge in [0.25, 0.3) is 0 Å². The maximum Gasteiger partial charge on any atom is 0.161 e. The minimum Gasteiger partial charge on any atom is -0.486 e. The van der Waals surface area contributed by atoms with Gasteiger partial charge in [0, 0.05) is 4.47 Å². The van der Waals surface area contributed by atoms with Crippen LogP contribution in [0.15, 0.2) is 40.9 Å². The predicted octanol–water partition coefficient (Wildman–Crippen LogP) is 4.18. The average molecular weight is 369 g/mol. The molecule has 0 saturated carbocycles. The van der Waals surface area contributed by atoms with Crippen molar-refractivity contribution in [2.45, 2.75) is 6.04 Å². The molecule has 2 aromatic carbocycles. The lowest BCUT2D eigenvalue weighted by atomic mass is 9.98. The molecular formula is C16H15BrClNO2. The monoisotopic (exact) mass is 367 g/mol. The number of halogens is 2. The molecule has 1 heterocycles. The van der Waals surface area contributed by atoms with E-state index < -0.39 is 0 Å². The second-order valence-electron chi connectivity index (χ2n) is 4.80. The fourth-order valence-electron chi connectivity index (χ4n) is 2.46. The van der Waals surface area contributed by atoms with Gasteiger partial charge in [-0.25, -0.2) is 0 Å². The summed E-state index contributed by atoms with van der Waals surface area (Å²) in [6.07, 6.45) is 0. The van der Waals surface area contributed by atoms with E-state index in [0.29, 0.717) is 18.2 Å².